The fraction of sp³-hybridized carbons (Fsp3) is 0.294. The summed E-state index contributed by atoms with van der Waals surface area (Å²) in [6.45, 7) is 2.84. The molecular formula is C17H21NO3. The number of ether oxygens (including phenoxy) is 3. The molecule has 0 aliphatic rings. The van der Waals surface area contributed by atoms with Gasteiger partial charge in [-0.3, -0.25) is 0 Å². The van der Waals surface area contributed by atoms with Crippen LogP contribution in [0.2, 0.25) is 0 Å². The first-order valence-corrected chi connectivity index (χ1v) is 6.95. The van der Waals surface area contributed by atoms with E-state index in [2.05, 4.69) is 0 Å². The van der Waals surface area contributed by atoms with E-state index in [4.69, 9.17) is 19.9 Å². The predicted molar refractivity (Wildman–Crippen MR) is 83.0 cm³/mol. The van der Waals surface area contributed by atoms with Gasteiger partial charge in [-0.2, -0.15) is 0 Å². The van der Waals surface area contributed by atoms with Crippen molar-refractivity contribution in [3.8, 4) is 17.2 Å². The van der Waals surface area contributed by atoms with Crippen molar-refractivity contribution in [2.24, 2.45) is 5.73 Å². The zero-order valence-corrected chi connectivity index (χ0v) is 12.4. The van der Waals surface area contributed by atoms with Gasteiger partial charge in [-0.15, -0.1) is 0 Å². The van der Waals surface area contributed by atoms with E-state index >= 15 is 0 Å². The number of hydrogen-bond donors (Lipinski definition) is 1. The zero-order chi connectivity index (χ0) is 15.1. The van der Waals surface area contributed by atoms with Crippen molar-refractivity contribution in [2.75, 3.05) is 20.3 Å². The van der Waals surface area contributed by atoms with E-state index in [0.29, 0.717) is 13.2 Å². The average Bonchev–Trinajstić information content (AvgIpc) is 2.52. The molecule has 4 heteroatoms. The molecule has 0 heterocycles. The van der Waals surface area contributed by atoms with Crippen LogP contribution in [-0.2, 0) is 0 Å². The van der Waals surface area contributed by atoms with Gasteiger partial charge in [-0.1, -0.05) is 24.3 Å². The first-order chi connectivity index (χ1) is 10.2. The highest BCUT2D eigenvalue weighted by Gasteiger charge is 2.09. The van der Waals surface area contributed by atoms with Crippen LogP contribution in [-0.4, -0.2) is 20.3 Å². The number of nitrogens with two attached hydrogens (primary N) is 1. The molecule has 21 heavy (non-hydrogen) atoms. The van der Waals surface area contributed by atoms with E-state index in [-0.39, 0.29) is 6.04 Å². The number of para-hydroxylation sites is 1. The summed E-state index contributed by atoms with van der Waals surface area (Å²) in [5.41, 5.74) is 6.90. The Morgan fingerprint density at radius 1 is 0.952 bits per heavy atom. The van der Waals surface area contributed by atoms with Gasteiger partial charge < -0.3 is 19.9 Å². The largest absolute Gasteiger partial charge is 0.497 e. The van der Waals surface area contributed by atoms with Crippen molar-refractivity contribution >= 4 is 0 Å². The van der Waals surface area contributed by atoms with Gasteiger partial charge in [0.1, 0.15) is 30.5 Å². The second-order valence-corrected chi connectivity index (χ2v) is 4.70. The average molecular weight is 287 g/mol. The normalized spacial score (nSPS) is 11.8. The lowest BCUT2D eigenvalue weighted by Gasteiger charge is -2.15. The fourth-order valence-electron chi connectivity index (χ4n) is 1.97. The second-order valence-electron chi connectivity index (χ2n) is 4.70. The molecule has 2 aromatic rings. The molecule has 2 N–H and O–H groups in total. The highest BCUT2D eigenvalue weighted by Crippen LogP contribution is 2.28. The summed E-state index contributed by atoms with van der Waals surface area (Å²) in [5.74, 6) is 2.32. The van der Waals surface area contributed by atoms with E-state index in [1.807, 2.05) is 55.5 Å². The maximum atomic E-state index is 5.95. The van der Waals surface area contributed by atoms with Crippen molar-refractivity contribution in [1.29, 1.82) is 0 Å². The summed E-state index contributed by atoms with van der Waals surface area (Å²) in [7, 11) is 1.63. The minimum absolute atomic E-state index is 0.0963. The molecule has 0 bridgehead atoms. The zero-order valence-electron chi connectivity index (χ0n) is 12.4. The van der Waals surface area contributed by atoms with Crippen molar-refractivity contribution in [3.05, 3.63) is 54.1 Å². The smallest absolute Gasteiger partial charge is 0.127 e. The SMILES string of the molecule is COc1ccc([C@H](C)N)c(OCCOc2ccccc2)c1. The molecule has 4 nitrogen and oxygen atoms in total. The molecular weight excluding hydrogens is 266 g/mol. The van der Waals surface area contributed by atoms with Gasteiger partial charge in [-0.05, 0) is 25.1 Å². The second kappa shape index (κ2) is 7.55. The number of hydrogen-bond acceptors (Lipinski definition) is 4. The molecule has 1 atom stereocenters. The van der Waals surface area contributed by atoms with Gasteiger partial charge in [0, 0.05) is 17.7 Å². The molecule has 0 aliphatic heterocycles. The van der Waals surface area contributed by atoms with Crippen molar-refractivity contribution in [1.82, 2.24) is 0 Å². The lowest BCUT2D eigenvalue weighted by atomic mass is 10.1. The van der Waals surface area contributed by atoms with E-state index in [0.717, 1.165) is 22.8 Å². The van der Waals surface area contributed by atoms with Crippen molar-refractivity contribution < 1.29 is 14.2 Å². The van der Waals surface area contributed by atoms with E-state index in [1.165, 1.54) is 0 Å². The van der Waals surface area contributed by atoms with Gasteiger partial charge in [0.25, 0.3) is 0 Å². The van der Waals surface area contributed by atoms with Gasteiger partial charge in [0.15, 0.2) is 0 Å². The third-order valence-corrected chi connectivity index (χ3v) is 3.06. The van der Waals surface area contributed by atoms with Crippen LogP contribution in [0.1, 0.15) is 18.5 Å². The quantitative estimate of drug-likeness (QED) is 0.795. The van der Waals surface area contributed by atoms with Crippen LogP contribution in [0.5, 0.6) is 17.2 Å². The van der Waals surface area contributed by atoms with Crippen LogP contribution in [0.15, 0.2) is 48.5 Å². The summed E-state index contributed by atoms with van der Waals surface area (Å²) in [4.78, 5) is 0. The highest BCUT2D eigenvalue weighted by atomic mass is 16.5. The van der Waals surface area contributed by atoms with Crippen LogP contribution in [0.25, 0.3) is 0 Å². The minimum Gasteiger partial charge on any atom is -0.497 e. The number of methoxy groups -OCH3 is 1. The summed E-state index contributed by atoms with van der Waals surface area (Å²) >= 11 is 0. The van der Waals surface area contributed by atoms with Crippen LogP contribution in [0, 0.1) is 0 Å². The Bertz CT molecular complexity index is 555. The molecule has 0 fully saturated rings. The lowest BCUT2D eigenvalue weighted by Crippen LogP contribution is -2.12. The maximum Gasteiger partial charge on any atom is 0.127 e. The fourth-order valence-corrected chi connectivity index (χ4v) is 1.97. The number of benzene rings is 2. The number of rotatable bonds is 7. The first-order valence-electron chi connectivity index (χ1n) is 6.95. The molecule has 0 saturated carbocycles. The van der Waals surface area contributed by atoms with Gasteiger partial charge in [0.05, 0.1) is 7.11 Å². The molecule has 2 aromatic carbocycles. The molecule has 0 radical (unpaired) electrons. The Morgan fingerprint density at radius 3 is 2.33 bits per heavy atom. The predicted octanol–water partition coefficient (Wildman–Crippen LogP) is 3.17. The van der Waals surface area contributed by atoms with Crippen LogP contribution < -0.4 is 19.9 Å². The van der Waals surface area contributed by atoms with Crippen LogP contribution >= 0.6 is 0 Å². The van der Waals surface area contributed by atoms with Crippen LogP contribution in [0.3, 0.4) is 0 Å². The maximum absolute atomic E-state index is 5.95. The van der Waals surface area contributed by atoms with Crippen molar-refractivity contribution in [3.63, 3.8) is 0 Å². The Balaban J connectivity index is 1.92. The molecule has 0 amide bonds. The third kappa shape index (κ3) is 4.39. The third-order valence-electron chi connectivity index (χ3n) is 3.06. The van der Waals surface area contributed by atoms with E-state index < -0.39 is 0 Å². The Hall–Kier alpha value is -2.20. The Labute approximate surface area is 125 Å². The first kappa shape index (κ1) is 15.2. The molecule has 0 aromatic heterocycles. The summed E-state index contributed by atoms with van der Waals surface area (Å²) in [6, 6.07) is 15.2. The van der Waals surface area contributed by atoms with Crippen LogP contribution in [0.4, 0.5) is 0 Å². The Kier molecular flexibility index (Phi) is 5.46. The van der Waals surface area contributed by atoms with E-state index in [9.17, 15) is 0 Å². The molecule has 0 saturated heterocycles. The molecule has 2 rings (SSSR count). The molecule has 0 spiro atoms. The molecule has 112 valence electrons. The molecule has 0 unspecified atom stereocenters. The van der Waals surface area contributed by atoms with Gasteiger partial charge >= 0.3 is 0 Å². The standard InChI is InChI=1S/C17H21NO3/c1-13(18)16-9-8-15(19-2)12-17(16)21-11-10-20-14-6-4-3-5-7-14/h3-9,12-13H,10-11,18H2,1-2H3/t13-/m0/s1. The minimum atomic E-state index is -0.0963. The van der Waals surface area contributed by atoms with Gasteiger partial charge in [-0.25, -0.2) is 0 Å². The lowest BCUT2D eigenvalue weighted by molar-refractivity contribution is 0.215. The van der Waals surface area contributed by atoms with Crippen molar-refractivity contribution in [2.45, 2.75) is 13.0 Å². The van der Waals surface area contributed by atoms with E-state index in [1.54, 1.807) is 7.11 Å². The summed E-state index contributed by atoms with van der Waals surface area (Å²) in [6.07, 6.45) is 0. The van der Waals surface area contributed by atoms with Gasteiger partial charge in [0.2, 0.25) is 0 Å². The molecule has 0 aliphatic carbocycles. The highest BCUT2D eigenvalue weighted by molar-refractivity contribution is 5.42. The summed E-state index contributed by atoms with van der Waals surface area (Å²) in [5, 5.41) is 0. The Morgan fingerprint density at radius 2 is 1.67 bits per heavy atom. The summed E-state index contributed by atoms with van der Waals surface area (Å²) < 4.78 is 16.6. The monoisotopic (exact) mass is 287 g/mol. The topological polar surface area (TPSA) is 53.7 Å².